The molecule has 2 aromatic carbocycles. The van der Waals surface area contributed by atoms with E-state index >= 15 is 0 Å². The van der Waals surface area contributed by atoms with Gasteiger partial charge < -0.3 is 18.9 Å². The van der Waals surface area contributed by atoms with Crippen LogP contribution in [0.1, 0.15) is 58.5 Å². The van der Waals surface area contributed by atoms with E-state index in [1.54, 1.807) is 48.5 Å². The number of carbonyl (C=O) groups is 4. The van der Waals surface area contributed by atoms with Crippen molar-refractivity contribution in [3.05, 3.63) is 70.8 Å². The Balaban J connectivity index is 1.38. The number of rotatable bonds is 19. The van der Waals surface area contributed by atoms with E-state index in [1.165, 1.54) is 0 Å². The number of benzene rings is 2. The van der Waals surface area contributed by atoms with Gasteiger partial charge in [-0.25, -0.2) is 29.0 Å². The summed E-state index contributed by atoms with van der Waals surface area (Å²) in [6.07, 6.45) is 1.27. The van der Waals surface area contributed by atoms with Crippen LogP contribution < -0.4 is 0 Å². The van der Waals surface area contributed by atoms with E-state index in [0.29, 0.717) is 0 Å². The van der Waals surface area contributed by atoms with Gasteiger partial charge >= 0.3 is 24.2 Å². The summed E-state index contributed by atoms with van der Waals surface area (Å²) in [5.41, 5.74) is 2.61. The van der Waals surface area contributed by atoms with Crippen molar-refractivity contribution in [3.8, 4) is 0 Å². The minimum Gasteiger partial charge on any atom is -0.430 e. The molecular formula is C28H34O14. The van der Waals surface area contributed by atoms with Gasteiger partial charge in [-0.15, -0.1) is 0 Å². The highest BCUT2D eigenvalue weighted by Gasteiger charge is 2.13. The van der Waals surface area contributed by atoms with Crippen molar-refractivity contribution in [1.82, 2.24) is 0 Å². The highest BCUT2D eigenvalue weighted by atomic mass is 17.5. The average Bonchev–Trinajstić information content (AvgIpc) is 2.99. The van der Waals surface area contributed by atoms with Crippen LogP contribution in [0.5, 0.6) is 0 Å². The average molecular weight is 595 g/mol. The first-order chi connectivity index (χ1) is 20.4. The summed E-state index contributed by atoms with van der Waals surface area (Å²) in [5.74, 6) is -1.68. The lowest BCUT2D eigenvalue weighted by Gasteiger charge is -2.07. The van der Waals surface area contributed by atoms with E-state index in [2.05, 4.69) is 39.1 Å². The van der Waals surface area contributed by atoms with E-state index in [0.717, 1.165) is 36.8 Å². The minimum atomic E-state index is -1.23. The van der Waals surface area contributed by atoms with E-state index in [1.807, 2.05) is 13.8 Å². The third-order valence-corrected chi connectivity index (χ3v) is 5.15. The molecule has 14 nitrogen and oxygen atoms in total. The zero-order chi connectivity index (χ0) is 30.4. The zero-order valence-corrected chi connectivity index (χ0v) is 23.4. The van der Waals surface area contributed by atoms with Crippen LogP contribution in [0, 0.1) is 0 Å². The second-order valence-corrected chi connectivity index (χ2v) is 8.36. The number of ether oxygens (including phenoxy) is 4. The predicted octanol–water partition coefficient (Wildman–Crippen LogP) is 4.64. The molecule has 0 aliphatic rings. The molecule has 42 heavy (non-hydrogen) atoms. The van der Waals surface area contributed by atoms with Crippen molar-refractivity contribution in [2.75, 3.05) is 39.6 Å². The van der Waals surface area contributed by atoms with Gasteiger partial charge in [-0.3, -0.25) is 9.78 Å². The van der Waals surface area contributed by atoms with Crippen LogP contribution >= 0.6 is 0 Å². The summed E-state index contributed by atoms with van der Waals surface area (Å²) in [5, 5.41) is 8.28. The summed E-state index contributed by atoms with van der Waals surface area (Å²) in [7, 11) is 0. The molecule has 0 saturated heterocycles. The quantitative estimate of drug-likeness (QED) is 0.0957. The van der Waals surface area contributed by atoms with Crippen molar-refractivity contribution in [3.63, 3.8) is 0 Å². The Kier molecular flexibility index (Phi) is 16.7. The molecule has 0 aromatic heterocycles. The van der Waals surface area contributed by atoms with Crippen molar-refractivity contribution in [1.29, 1.82) is 0 Å². The predicted molar refractivity (Wildman–Crippen MR) is 140 cm³/mol. The fraction of sp³-hybridized carbons (Fsp3) is 0.429. The molecule has 0 fully saturated rings. The SMILES string of the molecule is CCCc1ccc(C(=O)OOOC(=O)OCCOCCOCCOC(=O)OOOC(=O)c2ccc(CCC)cc2)cc1. The molecule has 0 amide bonds. The van der Waals surface area contributed by atoms with Gasteiger partial charge in [-0.2, -0.15) is 0 Å². The smallest absolute Gasteiger partial charge is 0.430 e. The fourth-order valence-corrected chi connectivity index (χ4v) is 3.18. The van der Waals surface area contributed by atoms with E-state index in [4.69, 9.17) is 9.47 Å². The summed E-state index contributed by atoms with van der Waals surface area (Å²) in [6, 6.07) is 13.4. The molecule has 0 heterocycles. The van der Waals surface area contributed by atoms with Crippen molar-refractivity contribution >= 4 is 24.2 Å². The van der Waals surface area contributed by atoms with Gasteiger partial charge in [0, 0.05) is 0 Å². The first-order valence-electron chi connectivity index (χ1n) is 13.2. The molecule has 0 spiro atoms. The molecule has 2 rings (SSSR count). The summed E-state index contributed by atoms with van der Waals surface area (Å²) < 4.78 is 19.7. The molecule has 0 atom stereocenters. The number of carbonyl (C=O) groups excluding carboxylic acids is 4. The third kappa shape index (κ3) is 14.4. The van der Waals surface area contributed by atoms with Gasteiger partial charge in [0.05, 0.1) is 47.6 Å². The minimum absolute atomic E-state index is 0.0180. The highest BCUT2D eigenvalue weighted by molar-refractivity contribution is 5.89. The van der Waals surface area contributed by atoms with Gasteiger partial charge in [0.1, 0.15) is 13.2 Å². The van der Waals surface area contributed by atoms with Crippen LogP contribution in [-0.4, -0.2) is 63.9 Å². The lowest BCUT2D eigenvalue weighted by Crippen LogP contribution is -2.17. The molecule has 230 valence electrons. The first kappa shape index (κ1) is 34.0. The molecular weight excluding hydrogens is 560 g/mol. The molecule has 0 unspecified atom stereocenters. The maximum Gasteiger partial charge on any atom is 0.543 e. The van der Waals surface area contributed by atoms with Crippen LogP contribution in [0.15, 0.2) is 48.5 Å². The Morgan fingerprint density at radius 3 is 1.21 bits per heavy atom. The monoisotopic (exact) mass is 594 g/mol. The molecule has 0 radical (unpaired) electrons. The van der Waals surface area contributed by atoms with Crippen molar-refractivity contribution < 1.29 is 67.8 Å². The molecule has 0 bridgehead atoms. The van der Waals surface area contributed by atoms with Crippen LogP contribution in [0.2, 0.25) is 0 Å². The molecule has 0 saturated carbocycles. The lowest BCUT2D eigenvalue weighted by molar-refractivity contribution is -0.452. The normalized spacial score (nSPS) is 10.4. The molecule has 0 N–H and O–H groups in total. The lowest BCUT2D eigenvalue weighted by atomic mass is 10.1. The Hall–Kier alpha value is -4.24. The largest absolute Gasteiger partial charge is 0.543 e. The number of aryl methyl sites for hydroxylation is 2. The highest BCUT2D eigenvalue weighted by Crippen LogP contribution is 2.09. The zero-order valence-electron chi connectivity index (χ0n) is 23.4. The van der Waals surface area contributed by atoms with Gasteiger partial charge in [0.15, 0.2) is 0 Å². The van der Waals surface area contributed by atoms with Gasteiger partial charge in [-0.1, -0.05) is 51.0 Å². The second kappa shape index (κ2) is 20.6. The third-order valence-electron chi connectivity index (χ3n) is 5.15. The van der Waals surface area contributed by atoms with Crippen LogP contribution in [0.4, 0.5) is 9.59 Å². The maximum atomic E-state index is 11.8. The fourth-order valence-electron chi connectivity index (χ4n) is 3.18. The molecule has 14 heteroatoms. The Morgan fingerprint density at radius 2 is 0.857 bits per heavy atom. The molecule has 0 aliphatic heterocycles. The van der Waals surface area contributed by atoms with E-state index in [9.17, 15) is 19.2 Å². The Bertz CT molecular complexity index is 997. The standard InChI is InChI=1S/C28H34O14/c1-3-5-21-7-11-23(12-8-21)25(29)37-41-39-27(31)35-19-17-33-15-16-34-18-20-36-28(32)40-42-38-26(30)24-13-9-22(6-4-2)10-14-24/h7-14H,3-6,15-20H2,1-2H3. The van der Waals surface area contributed by atoms with Gasteiger partial charge in [-0.05, 0) is 48.2 Å². The topological polar surface area (TPSA) is 161 Å². The maximum absolute atomic E-state index is 11.8. The first-order valence-corrected chi connectivity index (χ1v) is 13.2. The van der Waals surface area contributed by atoms with Crippen molar-refractivity contribution in [2.45, 2.75) is 39.5 Å². The number of hydrogen-bond acceptors (Lipinski definition) is 14. The van der Waals surface area contributed by atoms with Crippen molar-refractivity contribution in [2.24, 2.45) is 0 Å². The summed E-state index contributed by atoms with van der Waals surface area (Å²) in [6.45, 7) is 4.09. The Morgan fingerprint density at radius 1 is 0.500 bits per heavy atom. The van der Waals surface area contributed by atoms with Gasteiger partial charge in [0.2, 0.25) is 0 Å². The summed E-state index contributed by atoms with van der Waals surface area (Å²) in [4.78, 5) is 63.6. The van der Waals surface area contributed by atoms with E-state index < -0.39 is 24.2 Å². The molecule has 2 aromatic rings. The number of hydrogen-bond donors (Lipinski definition) is 0. The van der Waals surface area contributed by atoms with Crippen LogP contribution in [0.3, 0.4) is 0 Å². The van der Waals surface area contributed by atoms with Gasteiger partial charge in [0.25, 0.3) is 0 Å². The second-order valence-electron chi connectivity index (χ2n) is 8.36. The van der Waals surface area contributed by atoms with Crippen LogP contribution in [-0.2, 0) is 61.4 Å². The Labute approximate surface area is 242 Å². The molecule has 0 aliphatic carbocycles. The van der Waals surface area contributed by atoms with E-state index in [-0.39, 0.29) is 50.8 Å². The van der Waals surface area contributed by atoms with Crippen LogP contribution in [0.25, 0.3) is 0 Å². The summed E-state index contributed by atoms with van der Waals surface area (Å²) >= 11 is 0.